The molecule has 0 saturated heterocycles. The van der Waals surface area contributed by atoms with E-state index in [-0.39, 0.29) is 11.1 Å². The van der Waals surface area contributed by atoms with Gasteiger partial charge in [0.1, 0.15) is 0 Å². The molecule has 0 spiro atoms. The van der Waals surface area contributed by atoms with Gasteiger partial charge in [0.05, 0.1) is 30.8 Å². The van der Waals surface area contributed by atoms with Crippen LogP contribution in [0, 0.1) is 0 Å². The standard InChI is InChI=1S/C21H29NO4Si/c1-21(2,3)27(5,6)26-13-15-11-10-14-8-7-9-16-17(12-22(15)18(14)16)19(23)20(24)25-4/h7-9,12,15H,10-11,13H2,1-6H3. The molecule has 1 aliphatic rings. The first-order chi connectivity index (χ1) is 12.6. The van der Waals surface area contributed by atoms with Crippen LogP contribution in [0.3, 0.4) is 0 Å². The number of esters is 1. The molecule has 1 atom stereocenters. The summed E-state index contributed by atoms with van der Waals surface area (Å²) in [5.74, 6) is -1.42. The zero-order valence-corrected chi connectivity index (χ0v) is 18.1. The summed E-state index contributed by atoms with van der Waals surface area (Å²) in [4.78, 5) is 24.3. The van der Waals surface area contributed by atoms with Gasteiger partial charge in [0, 0.05) is 11.6 Å². The number of ketones is 1. The average Bonchev–Trinajstić information content (AvgIpc) is 3.00. The van der Waals surface area contributed by atoms with Crippen LogP contribution in [-0.2, 0) is 20.4 Å². The lowest BCUT2D eigenvalue weighted by Crippen LogP contribution is -2.42. The molecule has 1 aromatic heterocycles. The van der Waals surface area contributed by atoms with Gasteiger partial charge in [-0.2, -0.15) is 0 Å². The summed E-state index contributed by atoms with van der Waals surface area (Å²) in [6, 6.07) is 6.11. The predicted octanol–water partition coefficient (Wildman–Crippen LogP) is 4.51. The van der Waals surface area contributed by atoms with E-state index >= 15 is 0 Å². The minimum absolute atomic E-state index is 0.150. The molecule has 6 heteroatoms. The van der Waals surface area contributed by atoms with E-state index in [0.717, 1.165) is 23.7 Å². The number of hydrogen-bond donors (Lipinski definition) is 0. The van der Waals surface area contributed by atoms with Gasteiger partial charge in [-0.05, 0) is 36.5 Å². The van der Waals surface area contributed by atoms with Crippen LogP contribution in [0.1, 0.15) is 49.2 Å². The maximum atomic E-state index is 12.5. The van der Waals surface area contributed by atoms with E-state index in [9.17, 15) is 9.59 Å². The topological polar surface area (TPSA) is 57.5 Å². The highest BCUT2D eigenvalue weighted by molar-refractivity contribution is 6.74. The molecule has 27 heavy (non-hydrogen) atoms. The molecule has 5 nitrogen and oxygen atoms in total. The molecule has 1 unspecified atom stereocenters. The van der Waals surface area contributed by atoms with E-state index in [1.54, 1.807) is 0 Å². The second-order valence-corrected chi connectivity index (χ2v) is 13.7. The maximum Gasteiger partial charge on any atom is 0.379 e. The zero-order valence-electron chi connectivity index (χ0n) is 17.1. The first-order valence-corrected chi connectivity index (χ1v) is 12.4. The molecular weight excluding hydrogens is 358 g/mol. The van der Waals surface area contributed by atoms with E-state index in [2.05, 4.69) is 49.2 Å². The highest BCUT2D eigenvalue weighted by Gasteiger charge is 2.38. The van der Waals surface area contributed by atoms with Crippen molar-refractivity contribution >= 4 is 31.0 Å². The molecule has 146 valence electrons. The number of Topliss-reactive ketones (excluding diaryl/α,β-unsaturated/α-hetero) is 1. The SMILES string of the molecule is COC(=O)C(=O)c1cn2c3c(cccc13)CCC2CO[Si](C)(C)C(C)(C)C. The van der Waals surface area contributed by atoms with Crippen molar-refractivity contribution in [2.75, 3.05) is 13.7 Å². The highest BCUT2D eigenvalue weighted by Crippen LogP contribution is 2.39. The third-order valence-electron chi connectivity index (χ3n) is 6.13. The van der Waals surface area contributed by atoms with Gasteiger partial charge in [0.25, 0.3) is 5.78 Å². The molecule has 2 aromatic rings. The molecule has 0 radical (unpaired) electrons. The van der Waals surface area contributed by atoms with Crippen molar-refractivity contribution in [3.8, 4) is 0 Å². The Morgan fingerprint density at radius 2 is 1.96 bits per heavy atom. The maximum absolute atomic E-state index is 12.5. The van der Waals surface area contributed by atoms with Gasteiger partial charge in [-0.3, -0.25) is 4.79 Å². The fourth-order valence-corrected chi connectivity index (χ4v) is 4.45. The summed E-state index contributed by atoms with van der Waals surface area (Å²) in [6.07, 6.45) is 3.71. The number of nitrogens with zero attached hydrogens (tertiary/aromatic N) is 1. The van der Waals surface area contributed by atoms with Gasteiger partial charge < -0.3 is 13.7 Å². The molecule has 0 fully saturated rings. The first kappa shape index (κ1) is 19.8. The minimum Gasteiger partial charge on any atom is -0.463 e. The molecular formula is C21H29NO4Si. The fourth-order valence-electron chi connectivity index (χ4n) is 3.41. The lowest BCUT2D eigenvalue weighted by molar-refractivity contribution is -0.135. The van der Waals surface area contributed by atoms with Crippen molar-refractivity contribution in [3.63, 3.8) is 0 Å². The molecule has 1 aromatic carbocycles. The number of aryl methyl sites for hydroxylation is 1. The lowest BCUT2D eigenvalue weighted by atomic mass is 9.98. The monoisotopic (exact) mass is 387 g/mol. The number of ether oxygens (including phenoxy) is 1. The second-order valence-electron chi connectivity index (χ2n) is 8.85. The summed E-state index contributed by atoms with van der Waals surface area (Å²) < 4.78 is 13.2. The van der Waals surface area contributed by atoms with E-state index in [1.165, 1.54) is 12.7 Å². The first-order valence-electron chi connectivity index (χ1n) is 9.46. The summed E-state index contributed by atoms with van der Waals surface area (Å²) in [5, 5.41) is 0.970. The van der Waals surface area contributed by atoms with Crippen molar-refractivity contribution < 1.29 is 18.8 Å². The number of carbonyl (C=O) groups is 2. The smallest absolute Gasteiger partial charge is 0.379 e. The van der Waals surface area contributed by atoms with Crippen molar-refractivity contribution in [3.05, 3.63) is 35.5 Å². The molecule has 0 bridgehead atoms. The highest BCUT2D eigenvalue weighted by atomic mass is 28.4. The molecule has 0 amide bonds. The van der Waals surface area contributed by atoms with Crippen LogP contribution in [0.2, 0.25) is 18.1 Å². The normalized spacial score (nSPS) is 17.2. The Morgan fingerprint density at radius 1 is 1.26 bits per heavy atom. The molecule has 0 saturated carbocycles. The Balaban J connectivity index is 1.98. The minimum atomic E-state index is -1.86. The average molecular weight is 388 g/mol. The van der Waals surface area contributed by atoms with Gasteiger partial charge in [-0.1, -0.05) is 39.0 Å². The molecule has 3 rings (SSSR count). The summed E-state index contributed by atoms with van der Waals surface area (Å²) >= 11 is 0. The van der Waals surface area contributed by atoms with Crippen LogP contribution in [0.25, 0.3) is 10.9 Å². The van der Waals surface area contributed by atoms with Crippen LogP contribution < -0.4 is 0 Å². The Morgan fingerprint density at radius 3 is 2.59 bits per heavy atom. The van der Waals surface area contributed by atoms with Gasteiger partial charge >= 0.3 is 5.97 Å². The number of carbonyl (C=O) groups excluding carboxylic acids is 2. The lowest BCUT2D eigenvalue weighted by Gasteiger charge is -2.38. The zero-order chi connectivity index (χ0) is 20.0. The van der Waals surface area contributed by atoms with E-state index in [1.807, 2.05) is 18.3 Å². The van der Waals surface area contributed by atoms with E-state index < -0.39 is 20.1 Å². The number of aromatic nitrogens is 1. The number of methoxy groups -OCH3 is 1. The summed E-state index contributed by atoms with van der Waals surface area (Å²) in [7, 11) is -0.622. The van der Waals surface area contributed by atoms with Crippen LogP contribution in [0.5, 0.6) is 0 Å². The van der Waals surface area contributed by atoms with E-state index in [0.29, 0.717) is 12.2 Å². The Labute approximate surface area is 161 Å². The van der Waals surface area contributed by atoms with Crippen molar-refractivity contribution in [2.45, 2.75) is 57.8 Å². The van der Waals surface area contributed by atoms with Crippen molar-refractivity contribution in [2.24, 2.45) is 0 Å². The fraction of sp³-hybridized carbons (Fsp3) is 0.524. The summed E-state index contributed by atoms with van der Waals surface area (Å²) in [5.41, 5.74) is 2.66. The van der Waals surface area contributed by atoms with Gasteiger partial charge in [0.2, 0.25) is 0 Å². The van der Waals surface area contributed by atoms with Crippen LogP contribution >= 0.6 is 0 Å². The quantitative estimate of drug-likeness (QED) is 0.328. The van der Waals surface area contributed by atoms with Crippen LogP contribution in [0.15, 0.2) is 24.4 Å². The Bertz CT molecular complexity index is 891. The number of rotatable bonds is 5. The van der Waals surface area contributed by atoms with Crippen molar-refractivity contribution in [1.29, 1.82) is 0 Å². The van der Waals surface area contributed by atoms with E-state index in [4.69, 9.17) is 4.43 Å². The van der Waals surface area contributed by atoms with Crippen molar-refractivity contribution in [1.82, 2.24) is 4.57 Å². The summed E-state index contributed by atoms with van der Waals surface area (Å²) in [6.45, 7) is 11.8. The van der Waals surface area contributed by atoms with Gasteiger partial charge in [-0.25, -0.2) is 4.79 Å². The second kappa shape index (κ2) is 6.91. The molecule has 1 aliphatic heterocycles. The Hall–Kier alpha value is -1.92. The molecule has 2 heterocycles. The number of benzene rings is 1. The van der Waals surface area contributed by atoms with Crippen LogP contribution in [0.4, 0.5) is 0 Å². The van der Waals surface area contributed by atoms with Crippen LogP contribution in [-0.4, -0.2) is 38.4 Å². The molecule has 0 aliphatic carbocycles. The Kier molecular flexibility index (Phi) is 5.07. The number of hydrogen-bond acceptors (Lipinski definition) is 4. The van der Waals surface area contributed by atoms with Gasteiger partial charge in [-0.15, -0.1) is 0 Å². The predicted molar refractivity (Wildman–Crippen MR) is 109 cm³/mol. The molecule has 0 N–H and O–H groups in total. The number of para-hydroxylation sites is 1. The largest absolute Gasteiger partial charge is 0.463 e. The third kappa shape index (κ3) is 3.48. The van der Waals surface area contributed by atoms with Gasteiger partial charge in [0.15, 0.2) is 8.32 Å². The third-order valence-corrected chi connectivity index (χ3v) is 10.6.